The van der Waals surface area contributed by atoms with Crippen LogP contribution in [0.4, 0.5) is 0 Å². The minimum Gasteiger partial charge on any atom is -0.276 e. The topological polar surface area (TPSA) is 30.7 Å². The zero-order valence-electron chi connectivity index (χ0n) is 24.9. The number of rotatable bonds is 2. The fourth-order valence-corrected chi connectivity index (χ4v) is 9.13. The molecule has 0 radical (unpaired) electrons. The van der Waals surface area contributed by atoms with Crippen LogP contribution in [0.5, 0.6) is 0 Å². The summed E-state index contributed by atoms with van der Waals surface area (Å²) < 4.78 is 4.94. The second kappa shape index (κ2) is 8.87. The minimum atomic E-state index is -0.147. The third kappa shape index (κ3) is 3.24. The number of benzene rings is 6. The maximum absolute atomic E-state index is 5.40. The summed E-state index contributed by atoms with van der Waals surface area (Å²) in [5.41, 5.74) is 10.6. The maximum atomic E-state index is 5.40. The van der Waals surface area contributed by atoms with Gasteiger partial charge in [0.15, 0.2) is 0 Å². The highest BCUT2D eigenvalue weighted by atomic mass is 32.1. The lowest BCUT2D eigenvalue weighted by Crippen LogP contribution is -2.15. The van der Waals surface area contributed by atoms with Crippen molar-refractivity contribution in [2.75, 3.05) is 0 Å². The van der Waals surface area contributed by atoms with Crippen molar-refractivity contribution in [1.29, 1.82) is 0 Å². The van der Waals surface area contributed by atoms with Crippen LogP contribution in [-0.4, -0.2) is 14.5 Å². The number of aromatic nitrogens is 3. The van der Waals surface area contributed by atoms with Crippen LogP contribution in [-0.2, 0) is 5.41 Å². The number of fused-ring (bicyclic) bond motifs is 13. The first kappa shape index (κ1) is 25.1. The molecular formula is C41H27N3S. The molecule has 0 N–H and O–H groups in total. The van der Waals surface area contributed by atoms with Gasteiger partial charge in [0.2, 0.25) is 5.95 Å². The van der Waals surface area contributed by atoms with E-state index < -0.39 is 0 Å². The molecule has 10 rings (SSSR count). The van der Waals surface area contributed by atoms with Crippen LogP contribution < -0.4 is 0 Å². The number of thiophene rings is 1. The van der Waals surface area contributed by atoms with Gasteiger partial charge in [-0.15, -0.1) is 11.3 Å². The number of hydrogen-bond donors (Lipinski definition) is 0. The van der Waals surface area contributed by atoms with E-state index in [-0.39, 0.29) is 5.41 Å². The van der Waals surface area contributed by atoms with E-state index in [0.717, 1.165) is 27.7 Å². The zero-order chi connectivity index (χ0) is 29.9. The van der Waals surface area contributed by atoms with Crippen LogP contribution in [0.15, 0.2) is 127 Å². The van der Waals surface area contributed by atoms with Gasteiger partial charge in [0.05, 0.1) is 26.9 Å². The molecule has 1 aliphatic carbocycles. The molecule has 9 aromatic rings. The highest BCUT2D eigenvalue weighted by Gasteiger charge is 2.40. The largest absolute Gasteiger partial charge is 0.276 e. The van der Waals surface area contributed by atoms with Crippen LogP contribution in [0.1, 0.15) is 25.0 Å². The number of para-hydroxylation sites is 2. The van der Waals surface area contributed by atoms with E-state index in [1.165, 1.54) is 58.7 Å². The Kier molecular flexibility index (Phi) is 4.94. The molecule has 0 bridgehead atoms. The van der Waals surface area contributed by atoms with Gasteiger partial charge >= 0.3 is 0 Å². The molecule has 0 fully saturated rings. The number of hydrogen-bond acceptors (Lipinski definition) is 3. The average molecular weight is 594 g/mol. The molecule has 3 heterocycles. The van der Waals surface area contributed by atoms with Crippen molar-refractivity contribution in [3.63, 3.8) is 0 Å². The molecule has 6 aromatic carbocycles. The van der Waals surface area contributed by atoms with Crippen LogP contribution in [0.2, 0.25) is 0 Å². The van der Waals surface area contributed by atoms with Crippen molar-refractivity contribution in [1.82, 2.24) is 14.5 Å². The standard InChI is InChI=1S/C41H27N3S/c1-41(2)29-20-10-6-16-25(29)33-34-27-18-8-12-22-31(27)44(38(34)39-35(36(33)41)28-19-9-13-23-32(28)45-39)40-42-30-21-11-7-17-26(30)37(43-40)24-14-4-3-5-15-24/h3-23H,1-2H3. The predicted molar refractivity (Wildman–Crippen MR) is 190 cm³/mol. The molecule has 0 unspecified atom stereocenters. The van der Waals surface area contributed by atoms with Gasteiger partial charge in [-0.25, -0.2) is 9.97 Å². The molecule has 1 aliphatic rings. The smallest absolute Gasteiger partial charge is 0.235 e. The van der Waals surface area contributed by atoms with Crippen LogP contribution in [0.3, 0.4) is 0 Å². The molecular weight excluding hydrogens is 567 g/mol. The molecule has 4 heteroatoms. The first-order valence-electron chi connectivity index (χ1n) is 15.4. The van der Waals surface area contributed by atoms with E-state index in [1.54, 1.807) is 0 Å². The Labute approximate surface area is 264 Å². The molecule has 0 amide bonds. The molecule has 0 atom stereocenters. The Balaban J connectivity index is 1.47. The van der Waals surface area contributed by atoms with E-state index in [1.807, 2.05) is 11.3 Å². The summed E-state index contributed by atoms with van der Waals surface area (Å²) >= 11 is 1.89. The maximum Gasteiger partial charge on any atom is 0.235 e. The van der Waals surface area contributed by atoms with Gasteiger partial charge < -0.3 is 0 Å². The van der Waals surface area contributed by atoms with Crippen molar-refractivity contribution >= 4 is 64.2 Å². The van der Waals surface area contributed by atoms with Gasteiger partial charge in [0.25, 0.3) is 0 Å². The van der Waals surface area contributed by atoms with Crippen LogP contribution in [0, 0.1) is 0 Å². The summed E-state index contributed by atoms with van der Waals surface area (Å²) in [5, 5.41) is 6.24. The normalized spacial score (nSPS) is 13.7. The molecule has 0 saturated heterocycles. The summed E-state index contributed by atoms with van der Waals surface area (Å²) in [6.45, 7) is 4.79. The van der Waals surface area contributed by atoms with Gasteiger partial charge in [-0.1, -0.05) is 123 Å². The second-order valence-electron chi connectivity index (χ2n) is 12.6. The SMILES string of the molecule is CC1(C)c2ccccc2-c2c1c1c3ccccc3sc1c1c2c2ccccc2n1-c1nc(-c2ccccc2)c2ccccc2n1. The van der Waals surface area contributed by atoms with E-state index in [0.29, 0.717) is 5.95 Å². The first-order valence-corrected chi connectivity index (χ1v) is 16.3. The fraction of sp³-hybridized carbons (Fsp3) is 0.0732. The predicted octanol–water partition coefficient (Wildman–Crippen LogP) is 11.1. The molecule has 0 spiro atoms. The second-order valence-corrected chi connectivity index (χ2v) is 13.6. The molecule has 3 aromatic heterocycles. The number of nitrogens with zero attached hydrogens (tertiary/aromatic N) is 3. The van der Waals surface area contributed by atoms with Gasteiger partial charge in [-0.2, -0.15) is 0 Å². The van der Waals surface area contributed by atoms with Crippen molar-refractivity contribution in [3.05, 3.63) is 139 Å². The monoisotopic (exact) mass is 593 g/mol. The first-order chi connectivity index (χ1) is 22.1. The molecule has 45 heavy (non-hydrogen) atoms. The Hall–Kier alpha value is -5.32. The summed E-state index contributed by atoms with van der Waals surface area (Å²) in [7, 11) is 0. The van der Waals surface area contributed by atoms with E-state index in [2.05, 4.69) is 146 Å². The molecule has 0 aliphatic heterocycles. The van der Waals surface area contributed by atoms with Crippen molar-refractivity contribution in [3.8, 4) is 28.3 Å². The Morgan fingerprint density at radius 1 is 0.622 bits per heavy atom. The third-order valence-corrected chi connectivity index (χ3v) is 10.9. The van der Waals surface area contributed by atoms with Crippen molar-refractivity contribution in [2.24, 2.45) is 0 Å². The third-order valence-electron chi connectivity index (χ3n) is 9.77. The summed E-state index contributed by atoms with van der Waals surface area (Å²) in [6.07, 6.45) is 0. The van der Waals surface area contributed by atoms with Crippen LogP contribution in [0.25, 0.3) is 81.2 Å². The lowest BCUT2D eigenvalue weighted by Gasteiger charge is -2.23. The summed E-state index contributed by atoms with van der Waals surface area (Å²) in [6, 6.07) is 45.6. The Bertz CT molecular complexity index is 2680. The van der Waals surface area contributed by atoms with E-state index >= 15 is 0 Å². The molecule has 0 saturated carbocycles. The highest BCUT2D eigenvalue weighted by molar-refractivity contribution is 7.26. The lowest BCUT2D eigenvalue weighted by molar-refractivity contribution is 0.667. The van der Waals surface area contributed by atoms with Crippen LogP contribution >= 0.6 is 11.3 Å². The van der Waals surface area contributed by atoms with Gasteiger partial charge in [0, 0.05) is 42.6 Å². The Morgan fingerprint density at radius 3 is 2.18 bits per heavy atom. The minimum absolute atomic E-state index is 0.147. The Morgan fingerprint density at radius 2 is 1.31 bits per heavy atom. The van der Waals surface area contributed by atoms with E-state index in [9.17, 15) is 0 Å². The van der Waals surface area contributed by atoms with Gasteiger partial charge in [0.1, 0.15) is 0 Å². The summed E-state index contributed by atoms with van der Waals surface area (Å²) in [4.78, 5) is 10.7. The molecule has 212 valence electrons. The lowest BCUT2D eigenvalue weighted by atomic mass is 9.80. The van der Waals surface area contributed by atoms with E-state index in [4.69, 9.17) is 9.97 Å². The quantitative estimate of drug-likeness (QED) is 0.200. The molecule has 3 nitrogen and oxygen atoms in total. The van der Waals surface area contributed by atoms with Crippen molar-refractivity contribution in [2.45, 2.75) is 19.3 Å². The fourth-order valence-electron chi connectivity index (χ4n) is 7.88. The zero-order valence-corrected chi connectivity index (χ0v) is 25.7. The summed E-state index contributed by atoms with van der Waals surface area (Å²) in [5.74, 6) is 0.697. The average Bonchev–Trinajstić information content (AvgIpc) is 3.71. The van der Waals surface area contributed by atoms with Gasteiger partial charge in [-0.3, -0.25) is 4.57 Å². The highest BCUT2D eigenvalue weighted by Crippen LogP contribution is 2.58. The van der Waals surface area contributed by atoms with Gasteiger partial charge in [-0.05, 0) is 40.5 Å². The van der Waals surface area contributed by atoms with Crippen molar-refractivity contribution < 1.29 is 0 Å².